The summed E-state index contributed by atoms with van der Waals surface area (Å²) < 4.78 is 10.5. The maximum absolute atomic E-state index is 11.2. The van der Waals surface area contributed by atoms with Crippen molar-refractivity contribution < 1.29 is 14.3 Å². The molecule has 0 spiro atoms. The van der Waals surface area contributed by atoms with Crippen LogP contribution >= 0.6 is 0 Å². The van der Waals surface area contributed by atoms with E-state index in [1.165, 1.54) is 0 Å². The highest BCUT2D eigenvalue weighted by Gasteiger charge is 2.28. The van der Waals surface area contributed by atoms with Gasteiger partial charge >= 0.3 is 0 Å². The number of aldehydes is 1. The van der Waals surface area contributed by atoms with Crippen LogP contribution < -0.4 is 4.74 Å². The summed E-state index contributed by atoms with van der Waals surface area (Å²) in [5.74, 6) is 0.664. The third kappa shape index (κ3) is 2.64. The average Bonchev–Trinajstić information content (AvgIpc) is 2.31. The summed E-state index contributed by atoms with van der Waals surface area (Å²) in [7, 11) is 3.20. The predicted octanol–water partition coefficient (Wildman–Crippen LogP) is 2.02. The third-order valence-corrected chi connectivity index (χ3v) is 2.73. The molecule has 0 N–H and O–H groups in total. The molecule has 4 nitrogen and oxygen atoms in total. The van der Waals surface area contributed by atoms with Gasteiger partial charge in [0.25, 0.3) is 0 Å². The summed E-state index contributed by atoms with van der Waals surface area (Å²) in [6.07, 6.45) is 2.66. The highest BCUT2D eigenvalue weighted by molar-refractivity contribution is 5.70. The van der Waals surface area contributed by atoms with Crippen LogP contribution in [0.2, 0.25) is 0 Å². The maximum Gasteiger partial charge on any atom is 0.144 e. The lowest BCUT2D eigenvalue weighted by atomic mass is 9.83. The van der Waals surface area contributed by atoms with Crippen LogP contribution in [0.25, 0.3) is 0 Å². The molecule has 0 fully saturated rings. The second kappa shape index (κ2) is 5.27. The van der Waals surface area contributed by atoms with Crippen LogP contribution in [0.15, 0.2) is 6.20 Å². The van der Waals surface area contributed by atoms with E-state index in [1.54, 1.807) is 20.4 Å². The largest absolute Gasteiger partial charge is 0.495 e. The van der Waals surface area contributed by atoms with Crippen molar-refractivity contribution in [3.8, 4) is 5.75 Å². The van der Waals surface area contributed by atoms with Gasteiger partial charge in [0.15, 0.2) is 0 Å². The van der Waals surface area contributed by atoms with Crippen LogP contribution in [0.4, 0.5) is 0 Å². The number of carbonyl (C=O) groups is 1. The predicted molar refractivity (Wildman–Crippen MR) is 65.3 cm³/mol. The Balaban J connectivity index is 3.49. The molecule has 4 heteroatoms. The van der Waals surface area contributed by atoms with Gasteiger partial charge < -0.3 is 14.3 Å². The number of pyridine rings is 1. The van der Waals surface area contributed by atoms with Gasteiger partial charge in [0, 0.05) is 29.8 Å². The number of nitrogens with zero attached hydrogens (tertiary/aromatic N) is 1. The normalized spacial score (nSPS) is 11.4. The lowest BCUT2D eigenvalue weighted by Gasteiger charge is -2.24. The SMILES string of the molecule is COCc1cnc(C)c(OC)c1C(C)(C)C=O. The van der Waals surface area contributed by atoms with Crippen molar-refractivity contribution >= 4 is 6.29 Å². The van der Waals surface area contributed by atoms with Crippen LogP contribution in [-0.4, -0.2) is 25.5 Å². The molecule has 0 amide bonds. The van der Waals surface area contributed by atoms with Crippen molar-refractivity contribution in [2.45, 2.75) is 32.8 Å². The molecule has 0 radical (unpaired) electrons. The second-order valence-electron chi connectivity index (χ2n) is 4.55. The Morgan fingerprint density at radius 1 is 1.41 bits per heavy atom. The van der Waals surface area contributed by atoms with Gasteiger partial charge in [-0.3, -0.25) is 4.98 Å². The van der Waals surface area contributed by atoms with E-state index < -0.39 is 5.41 Å². The Morgan fingerprint density at radius 2 is 2.06 bits per heavy atom. The van der Waals surface area contributed by atoms with Crippen LogP contribution in [-0.2, 0) is 21.6 Å². The summed E-state index contributed by atoms with van der Waals surface area (Å²) in [5, 5.41) is 0. The lowest BCUT2D eigenvalue weighted by Crippen LogP contribution is -2.23. The number of methoxy groups -OCH3 is 2. The molecule has 0 bridgehead atoms. The van der Waals surface area contributed by atoms with Crippen molar-refractivity contribution in [3.63, 3.8) is 0 Å². The first kappa shape index (κ1) is 13.6. The number of ether oxygens (including phenoxy) is 2. The molecular weight excluding hydrogens is 218 g/mol. The van der Waals surface area contributed by atoms with E-state index in [2.05, 4.69) is 4.98 Å². The van der Waals surface area contributed by atoms with Gasteiger partial charge in [-0.2, -0.15) is 0 Å². The molecular formula is C13H19NO3. The first-order valence-electron chi connectivity index (χ1n) is 5.46. The quantitative estimate of drug-likeness (QED) is 0.735. The molecule has 0 aliphatic carbocycles. The number of rotatable bonds is 5. The second-order valence-corrected chi connectivity index (χ2v) is 4.55. The fraction of sp³-hybridized carbons (Fsp3) is 0.538. The molecule has 0 aliphatic rings. The van der Waals surface area contributed by atoms with E-state index in [0.29, 0.717) is 12.4 Å². The van der Waals surface area contributed by atoms with Crippen LogP contribution in [0.3, 0.4) is 0 Å². The molecule has 17 heavy (non-hydrogen) atoms. The fourth-order valence-electron chi connectivity index (χ4n) is 1.90. The lowest BCUT2D eigenvalue weighted by molar-refractivity contribution is -0.111. The number of carbonyl (C=O) groups excluding carboxylic acids is 1. The standard InChI is InChI=1S/C13H19NO3/c1-9-12(17-5)11(13(2,3)8-15)10(6-14-9)7-16-4/h6,8H,7H2,1-5H3. The van der Waals surface area contributed by atoms with Gasteiger partial charge in [0.05, 0.1) is 19.4 Å². The maximum atomic E-state index is 11.2. The van der Waals surface area contributed by atoms with Crippen molar-refractivity contribution in [1.29, 1.82) is 0 Å². The minimum absolute atomic E-state index is 0.413. The van der Waals surface area contributed by atoms with Gasteiger partial charge in [0.1, 0.15) is 12.0 Å². The smallest absolute Gasteiger partial charge is 0.144 e. The highest BCUT2D eigenvalue weighted by atomic mass is 16.5. The van der Waals surface area contributed by atoms with E-state index in [1.807, 2.05) is 20.8 Å². The van der Waals surface area contributed by atoms with E-state index in [0.717, 1.165) is 23.1 Å². The molecule has 0 aliphatic heterocycles. The van der Waals surface area contributed by atoms with E-state index >= 15 is 0 Å². The van der Waals surface area contributed by atoms with Gasteiger partial charge in [-0.25, -0.2) is 0 Å². The van der Waals surface area contributed by atoms with E-state index in [-0.39, 0.29) is 0 Å². The molecule has 0 saturated carbocycles. The zero-order chi connectivity index (χ0) is 13.1. The van der Waals surface area contributed by atoms with Crippen LogP contribution in [0.1, 0.15) is 30.7 Å². The first-order chi connectivity index (χ1) is 7.97. The molecule has 0 unspecified atom stereocenters. The summed E-state index contributed by atoms with van der Waals surface area (Å²) in [4.78, 5) is 15.5. The van der Waals surface area contributed by atoms with Crippen molar-refractivity contribution in [2.75, 3.05) is 14.2 Å². The third-order valence-electron chi connectivity index (χ3n) is 2.73. The summed E-state index contributed by atoms with van der Waals surface area (Å²) in [5.41, 5.74) is 1.89. The molecule has 0 saturated heterocycles. The zero-order valence-corrected chi connectivity index (χ0v) is 11.0. The Morgan fingerprint density at radius 3 is 2.53 bits per heavy atom. The van der Waals surface area contributed by atoms with Gasteiger partial charge in [-0.15, -0.1) is 0 Å². The topological polar surface area (TPSA) is 48.4 Å². The average molecular weight is 237 g/mol. The molecule has 1 aromatic heterocycles. The molecule has 1 rings (SSSR count). The van der Waals surface area contributed by atoms with Gasteiger partial charge in [-0.1, -0.05) is 0 Å². The Kier molecular flexibility index (Phi) is 4.23. The zero-order valence-electron chi connectivity index (χ0n) is 11.0. The molecule has 1 heterocycles. The van der Waals surface area contributed by atoms with Crippen LogP contribution in [0, 0.1) is 6.92 Å². The fourth-order valence-corrected chi connectivity index (χ4v) is 1.90. The number of aromatic nitrogens is 1. The van der Waals surface area contributed by atoms with E-state index in [9.17, 15) is 4.79 Å². The minimum Gasteiger partial charge on any atom is -0.495 e. The number of aryl methyl sites for hydroxylation is 1. The molecule has 1 aromatic rings. The highest BCUT2D eigenvalue weighted by Crippen LogP contribution is 2.35. The molecule has 0 atom stereocenters. The minimum atomic E-state index is -0.618. The van der Waals surface area contributed by atoms with Crippen molar-refractivity contribution in [3.05, 3.63) is 23.0 Å². The van der Waals surface area contributed by atoms with Gasteiger partial charge in [0.2, 0.25) is 0 Å². The molecule has 94 valence electrons. The summed E-state index contributed by atoms with van der Waals surface area (Å²) in [6.45, 7) is 5.99. The van der Waals surface area contributed by atoms with E-state index in [4.69, 9.17) is 9.47 Å². The first-order valence-corrected chi connectivity index (χ1v) is 5.46. The number of hydrogen-bond acceptors (Lipinski definition) is 4. The summed E-state index contributed by atoms with van der Waals surface area (Å²) >= 11 is 0. The Labute approximate surface area is 102 Å². The Hall–Kier alpha value is -1.42. The van der Waals surface area contributed by atoms with Crippen LogP contribution in [0.5, 0.6) is 5.75 Å². The van der Waals surface area contributed by atoms with Crippen molar-refractivity contribution in [2.24, 2.45) is 0 Å². The number of hydrogen-bond donors (Lipinski definition) is 0. The molecule has 0 aromatic carbocycles. The monoisotopic (exact) mass is 237 g/mol. The Bertz CT molecular complexity index is 413. The summed E-state index contributed by atoms with van der Waals surface area (Å²) in [6, 6.07) is 0. The van der Waals surface area contributed by atoms with Crippen molar-refractivity contribution in [1.82, 2.24) is 4.98 Å². The van der Waals surface area contributed by atoms with Gasteiger partial charge in [-0.05, 0) is 20.8 Å².